The normalized spacial score (nSPS) is 25.9. The summed E-state index contributed by atoms with van der Waals surface area (Å²) in [5.74, 6) is 0.162. The maximum absolute atomic E-state index is 12.8. The molecule has 2 nitrogen and oxygen atoms in total. The van der Waals surface area contributed by atoms with E-state index in [1.54, 1.807) is 0 Å². The molecule has 1 aromatic rings. The molecule has 1 aromatic carbocycles. The Morgan fingerprint density at radius 3 is 2.61 bits per heavy atom. The number of hydrogen-bond acceptors (Lipinski definition) is 2. The molecule has 0 aromatic heterocycles. The second-order valence-electron chi connectivity index (χ2n) is 5.29. The van der Waals surface area contributed by atoms with Gasteiger partial charge in [-0.1, -0.05) is 25.0 Å². The van der Waals surface area contributed by atoms with Gasteiger partial charge in [-0.25, -0.2) is 4.39 Å². The van der Waals surface area contributed by atoms with Gasteiger partial charge < -0.3 is 10.4 Å². The van der Waals surface area contributed by atoms with Gasteiger partial charge in [-0.3, -0.25) is 0 Å². The first-order valence-electron chi connectivity index (χ1n) is 6.83. The molecule has 1 aliphatic carbocycles. The second kappa shape index (κ2) is 6.30. The van der Waals surface area contributed by atoms with Crippen molar-refractivity contribution in [3.63, 3.8) is 0 Å². The van der Waals surface area contributed by atoms with E-state index >= 15 is 0 Å². The van der Waals surface area contributed by atoms with Gasteiger partial charge in [-0.2, -0.15) is 0 Å². The lowest BCUT2D eigenvalue weighted by Crippen LogP contribution is -2.34. The van der Waals surface area contributed by atoms with E-state index in [1.165, 1.54) is 18.6 Å². The highest BCUT2D eigenvalue weighted by atomic mass is 19.1. The zero-order valence-corrected chi connectivity index (χ0v) is 10.9. The van der Waals surface area contributed by atoms with Crippen LogP contribution in [-0.2, 0) is 0 Å². The smallest absolute Gasteiger partial charge is 0.123 e. The lowest BCUT2D eigenvalue weighted by molar-refractivity contribution is 0.0684. The number of aliphatic hydroxyl groups excluding tert-OH is 1. The third-order valence-corrected chi connectivity index (χ3v) is 3.93. The van der Waals surface area contributed by atoms with Crippen molar-refractivity contribution in [2.24, 2.45) is 5.92 Å². The van der Waals surface area contributed by atoms with Crippen LogP contribution in [0.4, 0.5) is 4.39 Å². The van der Waals surface area contributed by atoms with Crippen LogP contribution < -0.4 is 5.32 Å². The average Bonchev–Trinajstić information content (AvgIpc) is 2.38. The van der Waals surface area contributed by atoms with Crippen molar-refractivity contribution in [2.45, 2.75) is 44.8 Å². The summed E-state index contributed by atoms with van der Waals surface area (Å²) in [5.41, 5.74) is 1.08. The van der Waals surface area contributed by atoms with Crippen LogP contribution in [0.25, 0.3) is 0 Å². The molecular weight excluding hydrogens is 229 g/mol. The predicted octanol–water partition coefficient (Wildman–Crippen LogP) is 3.03. The van der Waals surface area contributed by atoms with E-state index in [1.807, 2.05) is 12.1 Å². The molecule has 0 amide bonds. The lowest BCUT2D eigenvalue weighted by Gasteiger charge is -2.29. The quantitative estimate of drug-likeness (QED) is 0.862. The zero-order valence-electron chi connectivity index (χ0n) is 10.9. The molecule has 0 bridgehead atoms. The van der Waals surface area contributed by atoms with Crippen molar-refractivity contribution in [1.82, 2.24) is 5.32 Å². The van der Waals surface area contributed by atoms with Crippen molar-refractivity contribution in [2.75, 3.05) is 6.54 Å². The molecule has 0 radical (unpaired) electrons. The summed E-state index contributed by atoms with van der Waals surface area (Å²) in [6.45, 7) is 2.90. The molecule has 3 unspecified atom stereocenters. The SMILES string of the molecule is CC(NCC1CCCCC1O)c1ccc(F)cc1. The summed E-state index contributed by atoms with van der Waals surface area (Å²) in [6.07, 6.45) is 4.23. The Morgan fingerprint density at radius 2 is 1.94 bits per heavy atom. The average molecular weight is 251 g/mol. The van der Waals surface area contributed by atoms with Crippen molar-refractivity contribution in [3.8, 4) is 0 Å². The summed E-state index contributed by atoms with van der Waals surface area (Å²) in [7, 11) is 0. The van der Waals surface area contributed by atoms with Crippen LogP contribution in [0.15, 0.2) is 24.3 Å². The summed E-state index contributed by atoms with van der Waals surface area (Å²) in [5, 5.41) is 13.3. The topological polar surface area (TPSA) is 32.3 Å². The third-order valence-electron chi connectivity index (χ3n) is 3.93. The van der Waals surface area contributed by atoms with Crippen LogP contribution in [0.2, 0.25) is 0 Å². The minimum absolute atomic E-state index is 0.160. The molecule has 3 heteroatoms. The van der Waals surface area contributed by atoms with Crippen molar-refractivity contribution in [1.29, 1.82) is 0 Å². The summed E-state index contributed by atoms with van der Waals surface area (Å²) in [6, 6.07) is 6.79. The summed E-state index contributed by atoms with van der Waals surface area (Å²) < 4.78 is 12.8. The van der Waals surface area contributed by atoms with Gasteiger partial charge in [0.25, 0.3) is 0 Å². The Bertz CT molecular complexity index is 365. The van der Waals surface area contributed by atoms with Crippen LogP contribution >= 0.6 is 0 Å². The van der Waals surface area contributed by atoms with Gasteiger partial charge in [0.05, 0.1) is 6.10 Å². The molecular formula is C15H22FNO. The van der Waals surface area contributed by atoms with Gasteiger partial charge in [0.15, 0.2) is 0 Å². The van der Waals surface area contributed by atoms with E-state index in [4.69, 9.17) is 0 Å². The number of halogens is 1. The minimum Gasteiger partial charge on any atom is -0.393 e. The van der Waals surface area contributed by atoms with Crippen LogP contribution in [0.1, 0.15) is 44.2 Å². The molecule has 100 valence electrons. The van der Waals surface area contributed by atoms with Crippen LogP contribution in [-0.4, -0.2) is 17.8 Å². The van der Waals surface area contributed by atoms with Gasteiger partial charge in [0.2, 0.25) is 0 Å². The summed E-state index contributed by atoms with van der Waals surface area (Å²) in [4.78, 5) is 0. The van der Waals surface area contributed by atoms with E-state index in [2.05, 4.69) is 12.2 Å². The van der Waals surface area contributed by atoms with Gasteiger partial charge in [0, 0.05) is 12.6 Å². The van der Waals surface area contributed by atoms with Crippen LogP contribution in [0.5, 0.6) is 0 Å². The predicted molar refractivity (Wildman–Crippen MR) is 70.8 cm³/mol. The molecule has 0 aliphatic heterocycles. The van der Waals surface area contributed by atoms with Gasteiger partial charge in [0.1, 0.15) is 5.82 Å². The van der Waals surface area contributed by atoms with Gasteiger partial charge in [-0.05, 0) is 43.4 Å². The number of benzene rings is 1. The van der Waals surface area contributed by atoms with E-state index in [0.29, 0.717) is 5.92 Å². The minimum atomic E-state index is -0.200. The second-order valence-corrected chi connectivity index (χ2v) is 5.29. The van der Waals surface area contributed by atoms with Crippen molar-refractivity contribution >= 4 is 0 Å². The van der Waals surface area contributed by atoms with Crippen LogP contribution in [0, 0.1) is 11.7 Å². The van der Waals surface area contributed by atoms with E-state index in [-0.39, 0.29) is 18.0 Å². The molecule has 3 atom stereocenters. The summed E-state index contributed by atoms with van der Waals surface area (Å²) >= 11 is 0. The fourth-order valence-electron chi connectivity index (χ4n) is 2.62. The Hall–Kier alpha value is -0.930. The molecule has 0 saturated heterocycles. The molecule has 0 spiro atoms. The molecule has 18 heavy (non-hydrogen) atoms. The Labute approximate surface area is 108 Å². The molecule has 1 aliphatic rings. The van der Waals surface area contributed by atoms with Gasteiger partial charge >= 0.3 is 0 Å². The Balaban J connectivity index is 1.83. The first-order valence-corrected chi connectivity index (χ1v) is 6.83. The molecule has 1 fully saturated rings. The maximum Gasteiger partial charge on any atom is 0.123 e. The Morgan fingerprint density at radius 1 is 1.28 bits per heavy atom. The van der Waals surface area contributed by atoms with Crippen LogP contribution in [0.3, 0.4) is 0 Å². The molecule has 2 rings (SSSR count). The van der Waals surface area contributed by atoms with E-state index < -0.39 is 0 Å². The number of hydrogen-bond donors (Lipinski definition) is 2. The highest BCUT2D eigenvalue weighted by Crippen LogP contribution is 2.24. The lowest BCUT2D eigenvalue weighted by atomic mass is 9.86. The first kappa shape index (κ1) is 13.5. The highest BCUT2D eigenvalue weighted by Gasteiger charge is 2.23. The molecule has 0 heterocycles. The monoisotopic (exact) mass is 251 g/mol. The molecule has 1 saturated carbocycles. The molecule has 2 N–H and O–H groups in total. The standard InChI is InChI=1S/C15H22FNO/c1-11(12-6-8-14(16)9-7-12)17-10-13-4-2-3-5-15(13)18/h6-9,11,13,15,17-18H,2-5,10H2,1H3. The van der Waals surface area contributed by atoms with Crippen molar-refractivity contribution in [3.05, 3.63) is 35.6 Å². The Kier molecular flexibility index (Phi) is 4.72. The maximum atomic E-state index is 12.8. The largest absolute Gasteiger partial charge is 0.393 e. The third kappa shape index (κ3) is 3.53. The van der Waals surface area contributed by atoms with E-state index in [0.717, 1.165) is 31.4 Å². The van der Waals surface area contributed by atoms with Gasteiger partial charge in [-0.15, -0.1) is 0 Å². The van der Waals surface area contributed by atoms with E-state index in [9.17, 15) is 9.50 Å². The zero-order chi connectivity index (χ0) is 13.0. The fraction of sp³-hybridized carbons (Fsp3) is 0.600. The highest BCUT2D eigenvalue weighted by molar-refractivity contribution is 5.19. The first-order chi connectivity index (χ1) is 8.66. The fourth-order valence-corrected chi connectivity index (χ4v) is 2.62. The number of rotatable bonds is 4. The number of nitrogens with one attached hydrogen (secondary N) is 1. The number of aliphatic hydroxyl groups is 1. The van der Waals surface area contributed by atoms with Crippen molar-refractivity contribution < 1.29 is 9.50 Å².